The van der Waals surface area contributed by atoms with Crippen LogP contribution in [0.2, 0.25) is 0 Å². The molecule has 2 heterocycles. The molecular formula is C88H58N2O2. The number of rotatable bonds is 8. The molecule has 17 aromatic carbocycles. The standard InChI is InChI=1S/C54H36N2O2.C34H22/c1-33-11-7-13-37(31-33)55(47-19-9-17-41-39-15-3-5-21-49(39)57-53(41)47)45-29-25-35-24-28-44-46(30-26-36-23-27-43(45)51(35)52(36)44)56(38-14-8-12-34(2)32-38)48-20-10-18-42-40-16-4-6-22-50(40)58-54(42)48;1-2-12-25-22-26(21-20-23(25)10-1)33-29-15-5-7-17-31(29)34(32-18-8-6-16-30(32)33)28-19-9-13-24-11-3-4-14-27(24)28/h3-32H,1-2H3;1-22H. The van der Waals surface area contributed by atoms with Crippen molar-refractivity contribution < 1.29 is 8.83 Å². The van der Waals surface area contributed by atoms with Gasteiger partial charge in [0.2, 0.25) is 0 Å². The molecule has 0 atom stereocenters. The second-order valence-electron chi connectivity index (χ2n) is 24.4. The van der Waals surface area contributed by atoms with E-state index >= 15 is 0 Å². The first-order valence-electron chi connectivity index (χ1n) is 31.6. The summed E-state index contributed by atoms with van der Waals surface area (Å²) in [5.41, 5.74) is 17.4. The Bertz CT molecular complexity index is 5850. The first kappa shape index (κ1) is 53.1. The number of fused-ring (bicyclic) bond motifs is 10. The van der Waals surface area contributed by atoms with Gasteiger partial charge in [0.25, 0.3) is 0 Å². The van der Waals surface area contributed by atoms with Crippen molar-refractivity contribution in [2.75, 3.05) is 9.80 Å². The Morgan fingerprint density at radius 1 is 0.239 bits per heavy atom. The second-order valence-corrected chi connectivity index (χ2v) is 24.4. The third-order valence-corrected chi connectivity index (χ3v) is 18.9. The molecule has 4 nitrogen and oxygen atoms in total. The predicted molar refractivity (Wildman–Crippen MR) is 391 cm³/mol. The zero-order valence-electron chi connectivity index (χ0n) is 50.7. The lowest BCUT2D eigenvalue weighted by molar-refractivity contribution is 0.669. The van der Waals surface area contributed by atoms with E-state index in [-0.39, 0.29) is 0 Å². The predicted octanol–water partition coefficient (Wildman–Crippen LogP) is 25.6. The Balaban J connectivity index is 0.000000156. The number of nitrogens with zero attached hydrogens (tertiary/aromatic N) is 2. The lowest BCUT2D eigenvalue weighted by Crippen LogP contribution is -2.12. The van der Waals surface area contributed by atoms with E-state index in [1.165, 1.54) is 109 Å². The largest absolute Gasteiger partial charge is 0.454 e. The molecule has 0 bridgehead atoms. The quantitative estimate of drug-likeness (QED) is 0.112. The Kier molecular flexibility index (Phi) is 12.3. The summed E-state index contributed by atoms with van der Waals surface area (Å²) >= 11 is 0. The third-order valence-electron chi connectivity index (χ3n) is 18.9. The highest BCUT2D eigenvalue weighted by Gasteiger charge is 2.26. The maximum Gasteiger partial charge on any atom is 0.159 e. The Morgan fingerprint density at radius 2 is 0.641 bits per heavy atom. The van der Waals surface area contributed by atoms with E-state index in [2.05, 4.69) is 327 Å². The van der Waals surface area contributed by atoms with Gasteiger partial charge in [-0.2, -0.15) is 0 Å². The van der Waals surface area contributed by atoms with E-state index in [9.17, 15) is 0 Å². The molecule has 0 saturated heterocycles. The van der Waals surface area contributed by atoms with Crippen molar-refractivity contribution in [3.05, 3.63) is 327 Å². The summed E-state index contributed by atoms with van der Waals surface area (Å²) in [6.07, 6.45) is 0. The van der Waals surface area contributed by atoms with Crippen molar-refractivity contribution in [2.24, 2.45) is 0 Å². The van der Waals surface area contributed by atoms with Crippen LogP contribution in [0.25, 0.3) is 142 Å². The van der Waals surface area contributed by atoms with Crippen molar-refractivity contribution in [3.63, 3.8) is 0 Å². The molecule has 92 heavy (non-hydrogen) atoms. The number of para-hydroxylation sites is 4. The van der Waals surface area contributed by atoms with Gasteiger partial charge in [-0.3, -0.25) is 0 Å². The molecular weight excluding hydrogens is 1120 g/mol. The molecule has 0 spiro atoms. The molecule has 19 aromatic rings. The van der Waals surface area contributed by atoms with E-state index < -0.39 is 0 Å². The first-order valence-corrected chi connectivity index (χ1v) is 31.6. The SMILES string of the molecule is Cc1cccc(N(c2ccc3ccc4c(N(c5cccc(C)c5)c5cccc6c5oc5ccccc56)ccc5ccc2c3c54)c2cccc3c2oc2ccccc23)c1.c1ccc2cc(-c3c4ccccc4c(-c4cccc5ccccc45)c4ccccc34)ccc2c1. The lowest BCUT2D eigenvalue weighted by Gasteiger charge is -2.29. The number of anilines is 6. The van der Waals surface area contributed by atoms with Crippen LogP contribution in [0.15, 0.2) is 324 Å². The van der Waals surface area contributed by atoms with Gasteiger partial charge in [0.05, 0.1) is 22.7 Å². The molecule has 2 aromatic heterocycles. The summed E-state index contributed by atoms with van der Waals surface area (Å²) < 4.78 is 13.4. The molecule has 0 N–H and O–H groups in total. The molecule has 0 amide bonds. The van der Waals surface area contributed by atoms with Gasteiger partial charge in [0, 0.05) is 43.7 Å². The molecule has 0 aliphatic carbocycles. The van der Waals surface area contributed by atoms with Crippen LogP contribution in [0.5, 0.6) is 0 Å². The van der Waals surface area contributed by atoms with E-state index in [1.807, 2.05) is 12.1 Å². The van der Waals surface area contributed by atoms with Crippen LogP contribution in [0, 0.1) is 13.8 Å². The van der Waals surface area contributed by atoms with Crippen molar-refractivity contribution in [1.29, 1.82) is 0 Å². The molecule has 0 unspecified atom stereocenters. The summed E-state index contributed by atoms with van der Waals surface area (Å²) in [4.78, 5) is 4.76. The highest BCUT2D eigenvalue weighted by molar-refractivity contribution is 6.29. The molecule has 0 saturated carbocycles. The zero-order chi connectivity index (χ0) is 61.0. The Labute approximate surface area is 531 Å². The maximum absolute atomic E-state index is 6.69. The van der Waals surface area contributed by atoms with Crippen LogP contribution in [0.3, 0.4) is 0 Å². The van der Waals surface area contributed by atoms with Crippen molar-refractivity contribution >= 4 is 153 Å². The van der Waals surface area contributed by atoms with Gasteiger partial charge in [0.1, 0.15) is 11.2 Å². The molecule has 432 valence electrons. The smallest absolute Gasteiger partial charge is 0.159 e. The van der Waals surface area contributed by atoms with E-state index in [0.29, 0.717) is 0 Å². The molecule has 0 aliphatic heterocycles. The van der Waals surface area contributed by atoms with Gasteiger partial charge < -0.3 is 18.6 Å². The zero-order valence-corrected chi connectivity index (χ0v) is 50.7. The fraction of sp³-hybridized carbons (Fsp3) is 0.0227. The van der Waals surface area contributed by atoms with Crippen LogP contribution in [0.1, 0.15) is 11.1 Å². The normalized spacial score (nSPS) is 11.8. The Hall–Kier alpha value is -12.0. The number of aryl methyl sites for hydroxylation is 2. The third kappa shape index (κ3) is 8.52. The average Bonchev–Trinajstić information content (AvgIpc) is 0.805. The number of benzene rings is 17. The highest BCUT2D eigenvalue weighted by Crippen LogP contribution is 2.51. The molecule has 0 radical (unpaired) electrons. The van der Waals surface area contributed by atoms with Gasteiger partial charge in [-0.1, -0.05) is 249 Å². The van der Waals surface area contributed by atoms with Crippen LogP contribution >= 0.6 is 0 Å². The van der Waals surface area contributed by atoms with Gasteiger partial charge >= 0.3 is 0 Å². The number of hydrogen-bond acceptors (Lipinski definition) is 4. The van der Waals surface area contributed by atoms with Crippen molar-refractivity contribution in [1.82, 2.24) is 0 Å². The highest BCUT2D eigenvalue weighted by atomic mass is 16.3. The summed E-state index contributed by atoms with van der Waals surface area (Å²) in [7, 11) is 0. The van der Waals surface area contributed by atoms with Crippen LogP contribution in [-0.4, -0.2) is 0 Å². The van der Waals surface area contributed by atoms with Crippen LogP contribution < -0.4 is 9.80 Å². The van der Waals surface area contributed by atoms with Crippen molar-refractivity contribution in [3.8, 4) is 22.3 Å². The summed E-state index contributed by atoms with van der Waals surface area (Å²) in [5.74, 6) is 0. The van der Waals surface area contributed by atoms with Crippen molar-refractivity contribution in [2.45, 2.75) is 13.8 Å². The first-order chi connectivity index (χ1) is 45.5. The fourth-order valence-corrected chi connectivity index (χ4v) is 14.8. The summed E-state index contributed by atoms with van der Waals surface area (Å²) in [6, 6.07) is 114. The fourth-order valence-electron chi connectivity index (χ4n) is 14.8. The van der Waals surface area contributed by atoms with Gasteiger partial charge in [-0.05, 0) is 179 Å². The topological polar surface area (TPSA) is 32.8 Å². The summed E-state index contributed by atoms with van der Waals surface area (Å²) in [5, 5.41) is 21.9. The van der Waals surface area contributed by atoms with Gasteiger partial charge in [0.15, 0.2) is 11.2 Å². The monoisotopic (exact) mass is 1170 g/mol. The maximum atomic E-state index is 6.69. The van der Waals surface area contributed by atoms with Crippen LogP contribution in [0.4, 0.5) is 34.1 Å². The molecule has 0 aliphatic rings. The van der Waals surface area contributed by atoms with E-state index in [4.69, 9.17) is 8.83 Å². The Morgan fingerprint density at radius 3 is 1.17 bits per heavy atom. The second kappa shape index (κ2) is 21.4. The van der Waals surface area contributed by atoms with Gasteiger partial charge in [-0.25, -0.2) is 0 Å². The minimum absolute atomic E-state index is 0.867. The minimum atomic E-state index is 0.867. The minimum Gasteiger partial charge on any atom is -0.454 e. The average molecular weight is 1180 g/mol. The number of furan rings is 2. The number of hydrogen-bond donors (Lipinski definition) is 0. The van der Waals surface area contributed by atoms with E-state index in [0.717, 1.165) is 78.0 Å². The summed E-state index contributed by atoms with van der Waals surface area (Å²) in [6.45, 7) is 4.31. The van der Waals surface area contributed by atoms with Gasteiger partial charge in [-0.15, -0.1) is 0 Å². The molecule has 19 rings (SSSR count). The lowest BCUT2D eigenvalue weighted by atomic mass is 9.84. The molecule has 0 fully saturated rings. The van der Waals surface area contributed by atoms with Crippen LogP contribution in [-0.2, 0) is 0 Å². The molecule has 4 heteroatoms. The van der Waals surface area contributed by atoms with E-state index in [1.54, 1.807) is 0 Å².